The molecular formula is C44H81NO5. The second-order valence-corrected chi connectivity index (χ2v) is 14.6. The van der Waals surface area contributed by atoms with Crippen LogP contribution in [0.1, 0.15) is 226 Å². The Morgan fingerprint density at radius 3 is 1.40 bits per heavy atom. The number of rotatable bonds is 39. The molecule has 6 heteroatoms. The van der Waals surface area contributed by atoms with Gasteiger partial charge in [0, 0.05) is 12.8 Å². The normalized spacial score (nSPS) is 12.2. The van der Waals surface area contributed by atoms with Crippen LogP contribution in [0.2, 0.25) is 0 Å². The summed E-state index contributed by atoms with van der Waals surface area (Å²) in [6, 6.07) is 0. The van der Waals surface area contributed by atoms with Crippen LogP contribution >= 0.6 is 0 Å². The number of amides is 1. The first-order valence-corrected chi connectivity index (χ1v) is 21.5. The first-order valence-electron chi connectivity index (χ1n) is 21.5. The van der Waals surface area contributed by atoms with Crippen molar-refractivity contribution in [1.29, 1.82) is 0 Å². The Kier molecular flexibility index (Phi) is 38.0. The molecule has 0 fully saturated rings. The summed E-state index contributed by atoms with van der Waals surface area (Å²) in [5.74, 6) is -1.32. The SMILES string of the molecule is CCCCCCCC/C=C\C(CCCCCCC(=O)NCC(=O)O)OC(=O)CCCCCCCCCCC/C=C\CCCCCCCCCC. The van der Waals surface area contributed by atoms with Gasteiger partial charge in [-0.1, -0.05) is 167 Å². The van der Waals surface area contributed by atoms with E-state index in [9.17, 15) is 14.4 Å². The third-order valence-electron chi connectivity index (χ3n) is 9.58. The summed E-state index contributed by atoms with van der Waals surface area (Å²) in [5, 5.41) is 11.1. The van der Waals surface area contributed by atoms with Crippen molar-refractivity contribution in [3.8, 4) is 0 Å². The lowest BCUT2D eigenvalue weighted by Crippen LogP contribution is -2.28. The molecule has 0 saturated carbocycles. The predicted octanol–water partition coefficient (Wildman–Crippen LogP) is 13.1. The van der Waals surface area contributed by atoms with E-state index in [1.807, 2.05) is 0 Å². The van der Waals surface area contributed by atoms with Crippen LogP contribution in [0.5, 0.6) is 0 Å². The number of esters is 1. The van der Waals surface area contributed by atoms with Crippen molar-refractivity contribution in [3.05, 3.63) is 24.3 Å². The molecule has 0 bridgehead atoms. The number of unbranched alkanes of at least 4 members (excludes halogenated alkanes) is 26. The first-order chi connectivity index (χ1) is 24.5. The average molecular weight is 704 g/mol. The van der Waals surface area contributed by atoms with E-state index in [0.29, 0.717) is 12.8 Å². The van der Waals surface area contributed by atoms with Crippen LogP contribution < -0.4 is 5.32 Å². The van der Waals surface area contributed by atoms with Gasteiger partial charge in [0.15, 0.2) is 0 Å². The van der Waals surface area contributed by atoms with Gasteiger partial charge >= 0.3 is 11.9 Å². The number of nitrogens with one attached hydrogen (secondary N) is 1. The van der Waals surface area contributed by atoms with Crippen molar-refractivity contribution < 1.29 is 24.2 Å². The summed E-state index contributed by atoms with van der Waals surface area (Å²) in [6.07, 6.45) is 47.5. The molecule has 0 aliphatic heterocycles. The van der Waals surface area contributed by atoms with Gasteiger partial charge in [-0.05, 0) is 70.3 Å². The fraction of sp³-hybridized carbons (Fsp3) is 0.841. The standard InChI is InChI=1S/C44H81NO5/c1-3-5-7-9-11-13-14-15-16-17-18-19-20-21-22-23-24-25-27-29-35-39-44(49)50-41(36-32-28-26-12-10-8-6-4-2)37-33-30-31-34-38-42(46)45-40-43(47)48/h17-18,32,36,41H,3-16,19-31,33-35,37-40H2,1-2H3,(H,45,46)(H,47,48)/b18-17-,36-32-. The van der Waals surface area contributed by atoms with Gasteiger partial charge in [-0.25, -0.2) is 0 Å². The Balaban J connectivity index is 3.98. The number of ether oxygens (including phenoxy) is 1. The van der Waals surface area contributed by atoms with Gasteiger partial charge < -0.3 is 15.2 Å². The zero-order valence-corrected chi connectivity index (χ0v) is 33.0. The van der Waals surface area contributed by atoms with Crippen LogP contribution in [0.3, 0.4) is 0 Å². The highest BCUT2D eigenvalue weighted by atomic mass is 16.5. The van der Waals surface area contributed by atoms with Crippen LogP contribution in [0.15, 0.2) is 24.3 Å². The topological polar surface area (TPSA) is 92.7 Å². The Morgan fingerprint density at radius 1 is 0.520 bits per heavy atom. The molecule has 6 nitrogen and oxygen atoms in total. The van der Waals surface area contributed by atoms with Crippen molar-refractivity contribution in [2.24, 2.45) is 0 Å². The van der Waals surface area contributed by atoms with Crippen molar-refractivity contribution in [2.45, 2.75) is 232 Å². The van der Waals surface area contributed by atoms with Gasteiger partial charge in [-0.3, -0.25) is 14.4 Å². The molecule has 0 aromatic heterocycles. The molecule has 2 N–H and O–H groups in total. The van der Waals surface area contributed by atoms with Crippen LogP contribution in [0.4, 0.5) is 0 Å². The molecule has 0 saturated heterocycles. The fourth-order valence-electron chi connectivity index (χ4n) is 6.36. The minimum absolute atomic E-state index is 0.0822. The molecular weight excluding hydrogens is 622 g/mol. The Morgan fingerprint density at radius 2 is 0.920 bits per heavy atom. The van der Waals surface area contributed by atoms with E-state index < -0.39 is 5.97 Å². The highest BCUT2D eigenvalue weighted by Gasteiger charge is 2.12. The molecule has 50 heavy (non-hydrogen) atoms. The molecule has 0 radical (unpaired) electrons. The second-order valence-electron chi connectivity index (χ2n) is 14.6. The first kappa shape index (κ1) is 47.9. The van der Waals surface area contributed by atoms with Gasteiger partial charge in [0.1, 0.15) is 12.6 Å². The number of carboxylic acid groups (broad SMARTS) is 1. The number of allylic oxidation sites excluding steroid dienone is 3. The maximum atomic E-state index is 12.7. The van der Waals surface area contributed by atoms with E-state index in [0.717, 1.165) is 51.4 Å². The smallest absolute Gasteiger partial charge is 0.322 e. The third-order valence-corrected chi connectivity index (χ3v) is 9.58. The van der Waals surface area contributed by atoms with E-state index in [1.54, 1.807) is 0 Å². The lowest BCUT2D eigenvalue weighted by atomic mass is 10.0. The quantitative estimate of drug-likeness (QED) is 0.0378. The highest BCUT2D eigenvalue weighted by Crippen LogP contribution is 2.16. The number of carbonyl (C=O) groups is 3. The van der Waals surface area contributed by atoms with E-state index in [2.05, 4.69) is 43.5 Å². The van der Waals surface area contributed by atoms with Gasteiger partial charge in [0.05, 0.1) is 0 Å². The third kappa shape index (κ3) is 38.7. The minimum atomic E-state index is -1.03. The maximum Gasteiger partial charge on any atom is 0.322 e. The largest absolute Gasteiger partial charge is 0.480 e. The molecule has 0 aliphatic rings. The highest BCUT2D eigenvalue weighted by molar-refractivity contribution is 5.80. The number of carboxylic acids is 1. The van der Waals surface area contributed by atoms with Gasteiger partial charge in [0.2, 0.25) is 5.91 Å². The van der Waals surface area contributed by atoms with E-state index in [1.165, 1.54) is 148 Å². The van der Waals surface area contributed by atoms with Gasteiger partial charge in [-0.15, -0.1) is 0 Å². The molecule has 292 valence electrons. The average Bonchev–Trinajstić information content (AvgIpc) is 3.10. The predicted molar refractivity (Wildman–Crippen MR) is 213 cm³/mol. The maximum absolute atomic E-state index is 12.7. The number of hydrogen-bond donors (Lipinski definition) is 2. The van der Waals surface area contributed by atoms with Crippen LogP contribution in [0, 0.1) is 0 Å². The molecule has 0 rings (SSSR count). The summed E-state index contributed by atoms with van der Waals surface area (Å²) >= 11 is 0. The molecule has 0 aromatic carbocycles. The molecule has 0 spiro atoms. The second kappa shape index (κ2) is 39.7. The van der Waals surface area contributed by atoms with Crippen molar-refractivity contribution in [1.82, 2.24) is 5.32 Å². The molecule has 0 aromatic rings. The zero-order valence-electron chi connectivity index (χ0n) is 33.0. The molecule has 1 atom stereocenters. The number of carbonyl (C=O) groups excluding carboxylic acids is 2. The summed E-state index contributed by atoms with van der Waals surface area (Å²) < 4.78 is 5.90. The Bertz CT molecular complexity index is 823. The van der Waals surface area contributed by atoms with Crippen LogP contribution in [-0.4, -0.2) is 35.6 Å². The monoisotopic (exact) mass is 704 g/mol. The molecule has 0 heterocycles. The summed E-state index contributed by atoms with van der Waals surface area (Å²) in [5.41, 5.74) is 0. The fourth-order valence-corrected chi connectivity index (χ4v) is 6.36. The Labute approximate surface area is 309 Å². The summed E-state index contributed by atoms with van der Waals surface area (Å²) in [6.45, 7) is 4.20. The molecule has 0 aliphatic carbocycles. The summed E-state index contributed by atoms with van der Waals surface area (Å²) in [4.78, 5) is 34.9. The van der Waals surface area contributed by atoms with Gasteiger partial charge in [-0.2, -0.15) is 0 Å². The van der Waals surface area contributed by atoms with E-state index >= 15 is 0 Å². The van der Waals surface area contributed by atoms with Crippen LogP contribution in [-0.2, 0) is 19.1 Å². The van der Waals surface area contributed by atoms with Crippen molar-refractivity contribution in [2.75, 3.05) is 6.54 Å². The van der Waals surface area contributed by atoms with E-state index in [-0.39, 0.29) is 24.5 Å². The molecule has 1 amide bonds. The van der Waals surface area contributed by atoms with Crippen molar-refractivity contribution >= 4 is 17.8 Å². The summed E-state index contributed by atoms with van der Waals surface area (Å²) in [7, 11) is 0. The van der Waals surface area contributed by atoms with Crippen molar-refractivity contribution in [3.63, 3.8) is 0 Å². The van der Waals surface area contributed by atoms with Crippen LogP contribution in [0.25, 0.3) is 0 Å². The zero-order chi connectivity index (χ0) is 36.6. The van der Waals surface area contributed by atoms with Gasteiger partial charge in [0.25, 0.3) is 0 Å². The molecule has 1 unspecified atom stereocenters. The minimum Gasteiger partial charge on any atom is -0.480 e. The number of aliphatic carboxylic acids is 1. The lowest BCUT2D eigenvalue weighted by molar-refractivity contribution is -0.147. The lowest BCUT2D eigenvalue weighted by Gasteiger charge is -2.15. The Hall–Kier alpha value is -2.11. The van der Waals surface area contributed by atoms with E-state index in [4.69, 9.17) is 9.84 Å². The number of hydrogen-bond acceptors (Lipinski definition) is 4.